The number of para-hydroxylation sites is 1. The molecule has 3 aromatic rings. The summed E-state index contributed by atoms with van der Waals surface area (Å²) in [5, 5.41) is 5.74. The van der Waals surface area contributed by atoms with Gasteiger partial charge >= 0.3 is 0 Å². The molecule has 0 saturated heterocycles. The van der Waals surface area contributed by atoms with Gasteiger partial charge in [-0.3, -0.25) is 9.59 Å². The zero-order chi connectivity index (χ0) is 20.5. The lowest BCUT2D eigenvalue weighted by Gasteiger charge is -2.17. The van der Waals surface area contributed by atoms with Gasteiger partial charge in [-0.15, -0.1) is 0 Å². The second-order valence-electron chi connectivity index (χ2n) is 6.63. The molecule has 3 rings (SSSR count). The highest BCUT2D eigenvalue weighted by Crippen LogP contribution is 2.19. The Balaban J connectivity index is 1.58. The summed E-state index contributed by atoms with van der Waals surface area (Å²) in [6.45, 7) is 2.51. The Hall–Kier alpha value is -3.60. The lowest BCUT2D eigenvalue weighted by molar-refractivity contribution is -0.127. The first kappa shape index (κ1) is 20.1. The number of ether oxygens (including phenoxy) is 1. The topological polar surface area (TPSA) is 67.4 Å². The van der Waals surface area contributed by atoms with Gasteiger partial charge in [0.25, 0.3) is 11.8 Å². The molecule has 5 heteroatoms. The number of amides is 2. The third-order valence-corrected chi connectivity index (χ3v) is 4.41. The lowest BCUT2D eigenvalue weighted by atomic mass is 10.1. The summed E-state index contributed by atoms with van der Waals surface area (Å²) in [6.07, 6.45) is -0.734. The summed E-state index contributed by atoms with van der Waals surface area (Å²) in [5.74, 6) is -0.116. The van der Waals surface area contributed by atoms with E-state index in [1.165, 1.54) is 0 Å². The molecular formula is C24H24N2O3. The molecule has 1 atom stereocenters. The van der Waals surface area contributed by atoms with Gasteiger partial charge in [-0.2, -0.15) is 0 Å². The van der Waals surface area contributed by atoms with Crippen LogP contribution in [0.4, 0.5) is 0 Å². The number of nitrogens with one attached hydrogen (secondary N) is 2. The molecule has 0 aliphatic heterocycles. The molecule has 2 N–H and O–H groups in total. The zero-order valence-corrected chi connectivity index (χ0v) is 16.3. The first-order valence-electron chi connectivity index (χ1n) is 9.53. The first-order chi connectivity index (χ1) is 14.1. The monoisotopic (exact) mass is 388 g/mol. The molecule has 3 aromatic carbocycles. The van der Waals surface area contributed by atoms with Crippen LogP contribution in [-0.4, -0.2) is 17.9 Å². The Labute approximate surface area is 170 Å². The van der Waals surface area contributed by atoms with Crippen LogP contribution in [-0.2, 0) is 17.9 Å². The van der Waals surface area contributed by atoms with Crippen molar-refractivity contribution in [2.75, 3.05) is 0 Å². The predicted molar refractivity (Wildman–Crippen MR) is 112 cm³/mol. The molecular weight excluding hydrogens is 364 g/mol. The highest BCUT2D eigenvalue weighted by molar-refractivity contribution is 5.97. The first-order valence-corrected chi connectivity index (χ1v) is 9.53. The normalized spacial score (nSPS) is 11.3. The Bertz CT molecular complexity index is 943. The van der Waals surface area contributed by atoms with Gasteiger partial charge in [0.15, 0.2) is 6.10 Å². The number of hydrogen-bond acceptors (Lipinski definition) is 3. The molecule has 0 heterocycles. The minimum Gasteiger partial charge on any atom is -0.480 e. The quantitative estimate of drug-likeness (QED) is 0.618. The average molecular weight is 388 g/mol. The van der Waals surface area contributed by atoms with Crippen LogP contribution in [0.15, 0.2) is 84.9 Å². The summed E-state index contributed by atoms with van der Waals surface area (Å²) in [7, 11) is 0. The number of hydrogen-bond donors (Lipinski definition) is 2. The number of rotatable bonds is 8. The molecule has 0 fully saturated rings. The molecule has 5 nitrogen and oxygen atoms in total. The maximum atomic E-state index is 12.6. The van der Waals surface area contributed by atoms with E-state index in [1.807, 2.05) is 60.7 Å². The van der Waals surface area contributed by atoms with Crippen molar-refractivity contribution in [3.8, 4) is 5.75 Å². The van der Waals surface area contributed by atoms with Crippen LogP contribution in [0.25, 0.3) is 0 Å². The summed E-state index contributed by atoms with van der Waals surface area (Å²) in [6, 6.07) is 26.3. The van der Waals surface area contributed by atoms with Gasteiger partial charge in [0.2, 0.25) is 0 Å². The summed E-state index contributed by atoms with van der Waals surface area (Å²) in [4.78, 5) is 25.0. The van der Waals surface area contributed by atoms with Crippen LogP contribution in [0.1, 0.15) is 28.4 Å². The van der Waals surface area contributed by atoms with Gasteiger partial charge in [-0.25, -0.2) is 0 Å². The van der Waals surface area contributed by atoms with E-state index < -0.39 is 6.10 Å². The molecule has 0 aromatic heterocycles. The van der Waals surface area contributed by atoms with Crippen LogP contribution < -0.4 is 15.4 Å². The fraction of sp³-hybridized carbons (Fsp3) is 0.167. The summed E-state index contributed by atoms with van der Waals surface area (Å²) in [5.41, 5.74) is 2.41. The van der Waals surface area contributed by atoms with Crippen LogP contribution in [0.3, 0.4) is 0 Å². The van der Waals surface area contributed by atoms with Gasteiger partial charge in [-0.05, 0) is 30.2 Å². The SMILES string of the molecule is C[C@@H](Oc1ccccc1C(=O)NCc1ccccc1)C(=O)NCc1ccccc1. The number of carbonyl (C=O) groups excluding carboxylic acids is 2. The minimum absolute atomic E-state index is 0.242. The Morgan fingerprint density at radius 1 is 0.759 bits per heavy atom. The van der Waals surface area contributed by atoms with E-state index in [0.29, 0.717) is 24.4 Å². The van der Waals surface area contributed by atoms with Crippen molar-refractivity contribution >= 4 is 11.8 Å². The third kappa shape index (κ3) is 5.94. The molecule has 0 unspecified atom stereocenters. The largest absolute Gasteiger partial charge is 0.480 e. The molecule has 0 aliphatic carbocycles. The zero-order valence-electron chi connectivity index (χ0n) is 16.3. The second kappa shape index (κ2) is 10.1. The van der Waals surface area contributed by atoms with Gasteiger partial charge in [0.05, 0.1) is 5.56 Å². The fourth-order valence-corrected chi connectivity index (χ4v) is 2.80. The maximum Gasteiger partial charge on any atom is 0.261 e. The van der Waals surface area contributed by atoms with E-state index in [-0.39, 0.29) is 11.8 Å². The highest BCUT2D eigenvalue weighted by Gasteiger charge is 2.18. The van der Waals surface area contributed by atoms with Crippen LogP contribution >= 0.6 is 0 Å². The molecule has 0 radical (unpaired) electrons. The Kier molecular flexibility index (Phi) is 7.00. The van der Waals surface area contributed by atoms with Crippen molar-refractivity contribution in [3.63, 3.8) is 0 Å². The summed E-state index contributed by atoms with van der Waals surface area (Å²) >= 11 is 0. The Morgan fingerprint density at radius 2 is 1.28 bits per heavy atom. The van der Waals surface area contributed by atoms with Crippen molar-refractivity contribution in [1.29, 1.82) is 0 Å². The lowest BCUT2D eigenvalue weighted by Crippen LogP contribution is -2.36. The van der Waals surface area contributed by atoms with E-state index >= 15 is 0 Å². The van der Waals surface area contributed by atoms with Crippen molar-refractivity contribution in [3.05, 3.63) is 102 Å². The van der Waals surface area contributed by atoms with E-state index in [1.54, 1.807) is 31.2 Å². The summed E-state index contributed by atoms with van der Waals surface area (Å²) < 4.78 is 5.80. The molecule has 0 spiro atoms. The number of carbonyl (C=O) groups is 2. The minimum atomic E-state index is -0.734. The maximum absolute atomic E-state index is 12.6. The standard InChI is InChI=1S/C24H24N2O3/c1-18(23(27)25-16-19-10-4-2-5-11-19)29-22-15-9-8-14-21(22)24(28)26-17-20-12-6-3-7-13-20/h2-15,18H,16-17H2,1H3,(H,25,27)(H,26,28)/t18-/m1/s1. The van der Waals surface area contributed by atoms with Gasteiger partial charge < -0.3 is 15.4 Å². The predicted octanol–water partition coefficient (Wildman–Crippen LogP) is 3.70. The third-order valence-electron chi connectivity index (χ3n) is 4.41. The molecule has 2 amide bonds. The molecule has 0 bridgehead atoms. The van der Waals surface area contributed by atoms with E-state index in [9.17, 15) is 9.59 Å². The van der Waals surface area contributed by atoms with E-state index in [4.69, 9.17) is 4.74 Å². The van der Waals surface area contributed by atoms with Crippen molar-refractivity contribution in [1.82, 2.24) is 10.6 Å². The smallest absolute Gasteiger partial charge is 0.261 e. The van der Waals surface area contributed by atoms with Crippen molar-refractivity contribution < 1.29 is 14.3 Å². The highest BCUT2D eigenvalue weighted by atomic mass is 16.5. The van der Waals surface area contributed by atoms with Crippen LogP contribution in [0, 0.1) is 0 Å². The Morgan fingerprint density at radius 3 is 1.90 bits per heavy atom. The average Bonchev–Trinajstić information content (AvgIpc) is 2.77. The second-order valence-corrected chi connectivity index (χ2v) is 6.63. The van der Waals surface area contributed by atoms with Gasteiger partial charge in [0, 0.05) is 13.1 Å². The van der Waals surface area contributed by atoms with Gasteiger partial charge in [-0.1, -0.05) is 72.8 Å². The van der Waals surface area contributed by atoms with Crippen LogP contribution in [0.5, 0.6) is 5.75 Å². The van der Waals surface area contributed by atoms with E-state index in [2.05, 4.69) is 10.6 Å². The van der Waals surface area contributed by atoms with Gasteiger partial charge in [0.1, 0.15) is 5.75 Å². The molecule has 0 aliphatic rings. The van der Waals surface area contributed by atoms with E-state index in [0.717, 1.165) is 11.1 Å². The molecule has 29 heavy (non-hydrogen) atoms. The fourth-order valence-electron chi connectivity index (χ4n) is 2.80. The molecule has 0 saturated carbocycles. The number of benzene rings is 3. The van der Waals surface area contributed by atoms with Crippen LogP contribution in [0.2, 0.25) is 0 Å². The van der Waals surface area contributed by atoms with Crippen molar-refractivity contribution in [2.24, 2.45) is 0 Å². The molecule has 148 valence electrons. The van der Waals surface area contributed by atoms with Crippen molar-refractivity contribution in [2.45, 2.75) is 26.1 Å².